The van der Waals surface area contributed by atoms with Crippen molar-refractivity contribution in [3.05, 3.63) is 32.0 Å². The van der Waals surface area contributed by atoms with Gasteiger partial charge < -0.3 is 4.90 Å². The Hall–Kier alpha value is -1.64. The molecule has 0 aliphatic carbocycles. The van der Waals surface area contributed by atoms with Gasteiger partial charge in [0, 0.05) is 28.5 Å². The molecule has 0 radical (unpaired) electrons. The van der Waals surface area contributed by atoms with Gasteiger partial charge in [0.2, 0.25) is 0 Å². The van der Waals surface area contributed by atoms with E-state index in [0.717, 1.165) is 22.5 Å². The van der Waals surface area contributed by atoms with Gasteiger partial charge in [-0.1, -0.05) is 0 Å². The summed E-state index contributed by atoms with van der Waals surface area (Å²) in [5, 5.41) is 4.02. The van der Waals surface area contributed by atoms with Crippen LogP contribution in [0.5, 0.6) is 0 Å². The lowest BCUT2D eigenvalue weighted by Crippen LogP contribution is -2.29. The molecule has 0 fully saturated rings. The van der Waals surface area contributed by atoms with Crippen molar-refractivity contribution < 1.29 is 0 Å². The van der Waals surface area contributed by atoms with Gasteiger partial charge in [0.1, 0.15) is 0 Å². The van der Waals surface area contributed by atoms with Crippen LogP contribution in [0.3, 0.4) is 0 Å². The molecule has 0 aromatic carbocycles. The lowest BCUT2D eigenvalue weighted by Gasteiger charge is -2.10. The minimum absolute atomic E-state index is 0.812. The molecule has 5 heteroatoms. The number of hydrogen-bond donors (Lipinski definition) is 0. The summed E-state index contributed by atoms with van der Waals surface area (Å²) in [6.07, 6.45) is 6.05. The predicted octanol–water partition coefficient (Wildman–Crippen LogP) is 0.751. The van der Waals surface area contributed by atoms with Crippen LogP contribution in [0.4, 0.5) is 0 Å². The van der Waals surface area contributed by atoms with Crippen molar-refractivity contribution in [2.45, 2.75) is 6.92 Å². The zero-order valence-electron chi connectivity index (χ0n) is 9.17. The van der Waals surface area contributed by atoms with Crippen LogP contribution < -0.4 is 9.75 Å². The van der Waals surface area contributed by atoms with Crippen molar-refractivity contribution in [2.24, 2.45) is 0 Å². The highest BCUT2D eigenvalue weighted by Gasteiger charge is 2.01. The zero-order chi connectivity index (χ0) is 11.7. The average Bonchev–Trinajstić information content (AvgIpc) is 2.94. The summed E-state index contributed by atoms with van der Waals surface area (Å²) in [6.45, 7) is 2.79. The number of nitrogens with zero attached hydrogens (tertiary/aromatic N) is 3. The van der Waals surface area contributed by atoms with Crippen molar-refractivity contribution in [2.75, 3.05) is 6.54 Å². The van der Waals surface area contributed by atoms with Crippen molar-refractivity contribution in [1.82, 2.24) is 14.3 Å². The van der Waals surface area contributed by atoms with Crippen LogP contribution in [-0.2, 0) is 0 Å². The number of aryl methyl sites for hydroxylation is 1. The second-order valence-corrected chi connectivity index (χ2v) is 5.35. The monoisotopic (exact) mass is 259 g/mol. The first kappa shape index (κ1) is 10.5. The van der Waals surface area contributed by atoms with Crippen molar-refractivity contribution in [1.29, 1.82) is 0 Å². The first-order valence-corrected chi connectivity index (χ1v) is 6.80. The summed E-state index contributed by atoms with van der Waals surface area (Å²) in [4.78, 5) is 6.28. The minimum Gasteiger partial charge on any atom is -0.304 e. The van der Waals surface area contributed by atoms with Crippen molar-refractivity contribution in [3.63, 3.8) is 0 Å². The second kappa shape index (κ2) is 4.32. The number of thiazole rings is 1. The van der Waals surface area contributed by atoms with E-state index < -0.39 is 0 Å². The highest BCUT2D eigenvalue weighted by atomic mass is 32.1. The molecule has 0 N–H and O–H groups in total. The first-order valence-electron chi connectivity index (χ1n) is 5.14. The Labute approximate surface area is 107 Å². The third kappa shape index (κ3) is 2.23. The SMILES string of the molecule is Cc1csc(C#CN2C=c3cnsc3=CC2)n1. The van der Waals surface area contributed by atoms with Gasteiger partial charge in [-0.25, -0.2) is 4.98 Å². The molecule has 0 bridgehead atoms. The normalized spacial score (nSPS) is 13.1. The van der Waals surface area contributed by atoms with Crippen LogP contribution in [0.2, 0.25) is 0 Å². The van der Waals surface area contributed by atoms with E-state index in [0.29, 0.717) is 0 Å². The molecule has 0 amide bonds. The second-order valence-electron chi connectivity index (χ2n) is 3.66. The maximum atomic E-state index is 4.31. The van der Waals surface area contributed by atoms with Gasteiger partial charge >= 0.3 is 0 Å². The van der Waals surface area contributed by atoms with E-state index in [1.165, 1.54) is 16.1 Å². The molecular formula is C12H9N3S2. The van der Waals surface area contributed by atoms with Crippen LogP contribution >= 0.6 is 22.9 Å². The number of aromatic nitrogens is 2. The fourth-order valence-electron chi connectivity index (χ4n) is 1.52. The molecule has 3 rings (SSSR count). The van der Waals surface area contributed by atoms with E-state index in [-0.39, 0.29) is 0 Å². The van der Waals surface area contributed by atoms with Gasteiger partial charge in [0.05, 0.1) is 17.3 Å². The van der Waals surface area contributed by atoms with E-state index in [2.05, 4.69) is 27.4 Å². The summed E-state index contributed by atoms with van der Waals surface area (Å²) in [7, 11) is 0. The van der Waals surface area contributed by atoms with Gasteiger partial charge in [-0.3, -0.25) is 0 Å². The summed E-state index contributed by atoms with van der Waals surface area (Å²) >= 11 is 3.10. The molecule has 0 unspecified atom stereocenters. The Morgan fingerprint density at radius 1 is 1.47 bits per heavy atom. The standard InChI is InChI=1S/C12H9N3S2/c1-9-8-16-12(14-9)3-5-15-4-2-11-10(7-15)6-13-17-11/h2,6-8H,4H2,1H3. The molecule has 1 aliphatic rings. The van der Waals surface area contributed by atoms with Gasteiger partial charge in [0.25, 0.3) is 0 Å². The first-order chi connectivity index (χ1) is 8.31. The molecule has 84 valence electrons. The fraction of sp³-hybridized carbons (Fsp3) is 0.167. The summed E-state index contributed by atoms with van der Waals surface area (Å²) in [6, 6.07) is 3.10. The molecule has 0 atom stereocenters. The smallest absolute Gasteiger partial charge is 0.168 e. The third-order valence-corrected chi connectivity index (χ3v) is 4.01. The Morgan fingerprint density at radius 3 is 3.24 bits per heavy atom. The molecule has 0 saturated carbocycles. The fourth-order valence-corrected chi connectivity index (χ4v) is 2.79. The maximum Gasteiger partial charge on any atom is 0.168 e. The summed E-state index contributed by atoms with van der Waals surface area (Å²) in [5.41, 5.74) is 1.03. The van der Waals surface area contributed by atoms with Crippen LogP contribution in [0.1, 0.15) is 10.7 Å². The molecule has 0 saturated heterocycles. The number of rotatable bonds is 0. The third-order valence-electron chi connectivity index (χ3n) is 2.32. The Balaban J connectivity index is 1.87. The average molecular weight is 259 g/mol. The Kier molecular flexibility index (Phi) is 2.67. The van der Waals surface area contributed by atoms with E-state index in [9.17, 15) is 0 Å². The number of fused-ring (bicyclic) bond motifs is 1. The van der Waals surface area contributed by atoms with E-state index >= 15 is 0 Å². The van der Waals surface area contributed by atoms with E-state index in [1.54, 1.807) is 11.3 Å². The van der Waals surface area contributed by atoms with Crippen molar-refractivity contribution >= 4 is 35.1 Å². The number of hydrogen-bond acceptors (Lipinski definition) is 5. The largest absolute Gasteiger partial charge is 0.304 e. The maximum absolute atomic E-state index is 4.31. The molecule has 17 heavy (non-hydrogen) atoms. The van der Waals surface area contributed by atoms with Crippen LogP contribution in [0.15, 0.2) is 11.6 Å². The molecule has 0 spiro atoms. The molecule has 3 heterocycles. The molecule has 2 aromatic heterocycles. The Bertz CT molecular complexity index is 715. The van der Waals surface area contributed by atoms with Crippen LogP contribution in [-0.4, -0.2) is 20.8 Å². The predicted molar refractivity (Wildman–Crippen MR) is 70.7 cm³/mol. The van der Waals surface area contributed by atoms with Gasteiger partial charge in [0.15, 0.2) is 5.01 Å². The Morgan fingerprint density at radius 2 is 2.41 bits per heavy atom. The minimum atomic E-state index is 0.812. The van der Waals surface area contributed by atoms with Gasteiger partial charge in [-0.2, -0.15) is 4.37 Å². The van der Waals surface area contributed by atoms with Crippen LogP contribution in [0.25, 0.3) is 12.3 Å². The summed E-state index contributed by atoms with van der Waals surface area (Å²) < 4.78 is 5.38. The van der Waals surface area contributed by atoms with Gasteiger partial charge in [-0.15, -0.1) is 11.3 Å². The molecule has 2 aromatic rings. The zero-order valence-corrected chi connectivity index (χ0v) is 10.8. The topological polar surface area (TPSA) is 29.0 Å². The van der Waals surface area contributed by atoms with Gasteiger partial charge in [-0.05, 0) is 30.5 Å². The quantitative estimate of drug-likeness (QED) is 0.654. The lowest BCUT2D eigenvalue weighted by molar-refractivity contribution is 0.659. The van der Waals surface area contributed by atoms with Crippen molar-refractivity contribution in [3.8, 4) is 12.0 Å². The van der Waals surface area contributed by atoms with E-state index in [4.69, 9.17) is 0 Å². The highest BCUT2D eigenvalue weighted by Crippen LogP contribution is 2.06. The summed E-state index contributed by atoms with van der Waals surface area (Å²) in [5.74, 6) is 3.07. The van der Waals surface area contributed by atoms with Crippen LogP contribution in [0, 0.1) is 18.9 Å². The highest BCUT2D eigenvalue weighted by molar-refractivity contribution is 7.10. The van der Waals surface area contributed by atoms with E-state index in [1.807, 2.05) is 29.6 Å². The lowest BCUT2D eigenvalue weighted by atomic mass is 10.3. The molecular weight excluding hydrogens is 250 g/mol. The molecule has 3 nitrogen and oxygen atoms in total. The molecule has 1 aliphatic heterocycles.